The van der Waals surface area contributed by atoms with Gasteiger partial charge >= 0.3 is 5.97 Å². The van der Waals surface area contributed by atoms with E-state index in [0.29, 0.717) is 18.4 Å². The largest absolute Gasteiger partial charge is 0.478 e. The van der Waals surface area contributed by atoms with Crippen LogP contribution in [0.4, 0.5) is 0 Å². The monoisotopic (exact) mass is 270 g/mol. The van der Waals surface area contributed by atoms with Crippen molar-refractivity contribution in [1.29, 1.82) is 0 Å². The van der Waals surface area contributed by atoms with Gasteiger partial charge in [-0.1, -0.05) is 12.1 Å². The van der Waals surface area contributed by atoms with Crippen molar-refractivity contribution in [2.24, 2.45) is 0 Å². The molecule has 1 rings (SSSR count). The Morgan fingerprint density at radius 2 is 1.72 bits per heavy atom. The molecule has 18 heavy (non-hydrogen) atoms. The third-order valence-electron chi connectivity index (χ3n) is 2.54. The number of aromatic carboxylic acids is 1. The quantitative estimate of drug-likeness (QED) is 0.589. The molecule has 0 aromatic heterocycles. The molecule has 0 fully saturated rings. The van der Waals surface area contributed by atoms with E-state index < -0.39 is 5.97 Å². The van der Waals surface area contributed by atoms with Gasteiger partial charge in [0.2, 0.25) is 0 Å². The molecule has 0 saturated heterocycles. The SMILES string of the molecule is O=C(O)c1ccc(C(=O)CC(Cl)CCCO)cc1. The Kier molecular flexibility index (Phi) is 5.82. The molecule has 5 heteroatoms. The molecule has 98 valence electrons. The predicted molar refractivity (Wildman–Crippen MR) is 68.3 cm³/mol. The highest BCUT2D eigenvalue weighted by Gasteiger charge is 2.13. The summed E-state index contributed by atoms with van der Waals surface area (Å²) in [5.41, 5.74) is 0.601. The summed E-state index contributed by atoms with van der Waals surface area (Å²) < 4.78 is 0. The molecule has 0 aliphatic heterocycles. The third-order valence-corrected chi connectivity index (χ3v) is 2.91. The number of aliphatic hydroxyl groups excluding tert-OH is 1. The first-order chi connectivity index (χ1) is 8.54. The van der Waals surface area contributed by atoms with Gasteiger partial charge in [-0.25, -0.2) is 4.79 Å². The minimum atomic E-state index is -1.02. The molecule has 1 aromatic rings. The Bertz CT molecular complexity index is 414. The van der Waals surface area contributed by atoms with Crippen molar-refractivity contribution in [3.63, 3.8) is 0 Å². The number of aliphatic hydroxyl groups is 1. The lowest BCUT2D eigenvalue weighted by molar-refractivity contribution is 0.0696. The number of hydrogen-bond acceptors (Lipinski definition) is 3. The van der Waals surface area contributed by atoms with E-state index in [0.717, 1.165) is 0 Å². The maximum atomic E-state index is 11.8. The molecule has 4 nitrogen and oxygen atoms in total. The van der Waals surface area contributed by atoms with Crippen molar-refractivity contribution in [2.75, 3.05) is 6.61 Å². The number of rotatable bonds is 7. The number of carboxylic acids is 1. The molecule has 0 spiro atoms. The summed E-state index contributed by atoms with van der Waals surface area (Å²) in [6, 6.07) is 5.77. The Morgan fingerprint density at radius 1 is 1.17 bits per heavy atom. The summed E-state index contributed by atoms with van der Waals surface area (Å²) in [7, 11) is 0. The van der Waals surface area contributed by atoms with E-state index in [1.165, 1.54) is 24.3 Å². The van der Waals surface area contributed by atoms with Crippen LogP contribution >= 0.6 is 11.6 Å². The number of alkyl halides is 1. The lowest BCUT2D eigenvalue weighted by Gasteiger charge is -2.07. The average Bonchev–Trinajstić information content (AvgIpc) is 2.36. The minimum Gasteiger partial charge on any atom is -0.478 e. The Morgan fingerprint density at radius 3 is 2.22 bits per heavy atom. The van der Waals surface area contributed by atoms with E-state index in [-0.39, 0.29) is 29.8 Å². The van der Waals surface area contributed by atoms with Gasteiger partial charge in [-0.05, 0) is 25.0 Å². The lowest BCUT2D eigenvalue weighted by atomic mass is 10.0. The molecule has 0 heterocycles. The van der Waals surface area contributed by atoms with Gasteiger partial charge < -0.3 is 10.2 Å². The van der Waals surface area contributed by atoms with Gasteiger partial charge in [-0.2, -0.15) is 0 Å². The van der Waals surface area contributed by atoms with Crippen molar-refractivity contribution in [3.8, 4) is 0 Å². The first-order valence-corrected chi connectivity index (χ1v) is 6.09. The summed E-state index contributed by atoms with van der Waals surface area (Å²) in [6.45, 7) is 0.0602. The number of benzene rings is 1. The van der Waals surface area contributed by atoms with Gasteiger partial charge in [0.05, 0.1) is 5.56 Å². The summed E-state index contributed by atoms with van der Waals surface area (Å²) in [4.78, 5) is 22.5. The van der Waals surface area contributed by atoms with E-state index >= 15 is 0 Å². The maximum absolute atomic E-state index is 11.8. The lowest BCUT2D eigenvalue weighted by Crippen LogP contribution is -2.09. The number of carbonyl (C=O) groups is 2. The fourth-order valence-corrected chi connectivity index (χ4v) is 1.83. The van der Waals surface area contributed by atoms with Crippen LogP contribution in [0, 0.1) is 0 Å². The Labute approximate surface area is 110 Å². The summed E-state index contributed by atoms with van der Waals surface area (Å²) in [5.74, 6) is -1.14. The molecule has 0 amide bonds. The number of halogens is 1. The fourth-order valence-electron chi connectivity index (χ4n) is 1.53. The minimum absolute atomic E-state index is 0.0602. The van der Waals surface area contributed by atoms with Crippen LogP contribution in [-0.4, -0.2) is 33.9 Å². The van der Waals surface area contributed by atoms with Crippen molar-refractivity contribution in [1.82, 2.24) is 0 Å². The second-order valence-electron chi connectivity index (χ2n) is 3.97. The third kappa shape index (κ3) is 4.47. The molecule has 0 radical (unpaired) electrons. The number of ketones is 1. The number of Topliss-reactive ketones (excluding diaryl/α,β-unsaturated/α-hetero) is 1. The summed E-state index contributed by atoms with van der Waals surface area (Å²) in [6.07, 6.45) is 1.34. The van der Waals surface area contributed by atoms with Crippen molar-refractivity contribution in [2.45, 2.75) is 24.6 Å². The highest BCUT2D eigenvalue weighted by atomic mass is 35.5. The van der Waals surface area contributed by atoms with Crippen LogP contribution in [0.3, 0.4) is 0 Å². The van der Waals surface area contributed by atoms with Gasteiger partial charge in [0.15, 0.2) is 5.78 Å². The van der Waals surface area contributed by atoms with E-state index in [1.54, 1.807) is 0 Å². The second kappa shape index (κ2) is 7.13. The van der Waals surface area contributed by atoms with Crippen LogP contribution in [0.2, 0.25) is 0 Å². The van der Waals surface area contributed by atoms with Crippen molar-refractivity contribution >= 4 is 23.4 Å². The summed E-state index contributed by atoms with van der Waals surface area (Å²) in [5, 5.41) is 17.1. The van der Waals surface area contributed by atoms with Gasteiger partial charge in [-0.15, -0.1) is 11.6 Å². The fraction of sp³-hybridized carbons (Fsp3) is 0.385. The van der Waals surface area contributed by atoms with Crippen LogP contribution in [0.5, 0.6) is 0 Å². The van der Waals surface area contributed by atoms with Crippen LogP contribution in [0.15, 0.2) is 24.3 Å². The zero-order valence-corrected chi connectivity index (χ0v) is 10.6. The van der Waals surface area contributed by atoms with Crippen molar-refractivity contribution < 1.29 is 19.8 Å². The van der Waals surface area contributed by atoms with Crippen molar-refractivity contribution in [3.05, 3.63) is 35.4 Å². The van der Waals surface area contributed by atoms with E-state index in [1.807, 2.05) is 0 Å². The molecule has 0 bridgehead atoms. The van der Waals surface area contributed by atoms with Crippen LogP contribution < -0.4 is 0 Å². The highest BCUT2D eigenvalue weighted by Crippen LogP contribution is 2.14. The maximum Gasteiger partial charge on any atom is 0.335 e. The number of hydrogen-bond donors (Lipinski definition) is 2. The molecule has 1 unspecified atom stereocenters. The highest BCUT2D eigenvalue weighted by molar-refractivity contribution is 6.22. The van der Waals surface area contributed by atoms with Crippen LogP contribution in [0.25, 0.3) is 0 Å². The molecule has 1 atom stereocenters. The normalized spacial score (nSPS) is 12.1. The first kappa shape index (κ1) is 14.7. The second-order valence-corrected chi connectivity index (χ2v) is 4.59. The van der Waals surface area contributed by atoms with Crippen LogP contribution in [-0.2, 0) is 0 Å². The van der Waals surface area contributed by atoms with Gasteiger partial charge in [0.1, 0.15) is 0 Å². The first-order valence-electron chi connectivity index (χ1n) is 5.66. The van der Waals surface area contributed by atoms with Gasteiger partial charge in [-0.3, -0.25) is 4.79 Å². The van der Waals surface area contributed by atoms with E-state index in [4.69, 9.17) is 21.8 Å². The molecule has 0 aliphatic carbocycles. The molecule has 0 saturated carbocycles. The average molecular weight is 271 g/mol. The molecule has 0 aliphatic rings. The van der Waals surface area contributed by atoms with E-state index in [9.17, 15) is 9.59 Å². The Balaban J connectivity index is 2.58. The molecular weight excluding hydrogens is 256 g/mol. The Hall–Kier alpha value is -1.39. The summed E-state index contributed by atoms with van der Waals surface area (Å²) >= 11 is 5.96. The topological polar surface area (TPSA) is 74.6 Å². The number of carbonyl (C=O) groups excluding carboxylic acids is 1. The standard InChI is InChI=1S/C13H15ClO4/c14-11(2-1-7-15)8-12(16)9-3-5-10(6-4-9)13(17)18/h3-6,11,15H,1-2,7-8H2,(H,17,18). The molecule has 1 aromatic carbocycles. The molecule has 2 N–H and O–H groups in total. The van der Waals surface area contributed by atoms with Gasteiger partial charge in [0.25, 0.3) is 0 Å². The van der Waals surface area contributed by atoms with E-state index in [2.05, 4.69) is 0 Å². The van der Waals surface area contributed by atoms with Crippen LogP contribution in [0.1, 0.15) is 40.0 Å². The number of carboxylic acid groups (broad SMARTS) is 1. The zero-order valence-electron chi connectivity index (χ0n) is 9.80. The van der Waals surface area contributed by atoms with Gasteiger partial charge in [0, 0.05) is 24.0 Å². The smallest absolute Gasteiger partial charge is 0.335 e. The predicted octanol–water partition coefficient (Wildman–Crippen LogP) is 2.34. The zero-order chi connectivity index (χ0) is 13.5. The molecular formula is C13H15ClO4.